The number of hydrogen-bond acceptors (Lipinski definition) is 8. The highest BCUT2D eigenvalue weighted by Gasteiger charge is 2.22. The third-order valence-electron chi connectivity index (χ3n) is 6.07. The lowest BCUT2D eigenvalue weighted by Crippen LogP contribution is -2.19. The molecule has 0 saturated heterocycles. The third kappa shape index (κ3) is 6.70. The van der Waals surface area contributed by atoms with Crippen LogP contribution in [-0.4, -0.2) is 38.5 Å². The number of ether oxygens (including phenoxy) is 3. The summed E-state index contributed by atoms with van der Waals surface area (Å²) < 4.78 is 45.4. The third-order valence-corrected chi connectivity index (χ3v) is 8.17. The van der Waals surface area contributed by atoms with E-state index in [-0.39, 0.29) is 32.3 Å². The molecule has 220 valence electrons. The van der Waals surface area contributed by atoms with Gasteiger partial charge in [0, 0.05) is 16.5 Å². The topological polar surface area (TPSA) is 129 Å². The molecule has 1 heterocycles. The summed E-state index contributed by atoms with van der Waals surface area (Å²) >= 11 is 18.4. The smallest absolute Gasteiger partial charge is 0.261 e. The fourth-order valence-electron chi connectivity index (χ4n) is 4.04. The Morgan fingerprint density at radius 1 is 0.814 bits per heavy atom. The van der Waals surface area contributed by atoms with Gasteiger partial charge in [0.15, 0.2) is 11.5 Å². The van der Waals surface area contributed by atoms with Crippen LogP contribution in [0, 0.1) is 0 Å². The van der Waals surface area contributed by atoms with Crippen molar-refractivity contribution in [3.63, 3.8) is 0 Å². The van der Waals surface area contributed by atoms with Crippen LogP contribution in [0.3, 0.4) is 0 Å². The summed E-state index contributed by atoms with van der Waals surface area (Å²) in [4.78, 5) is 21.8. The molecule has 5 aromatic rings. The normalized spacial score (nSPS) is 11.2. The van der Waals surface area contributed by atoms with E-state index < -0.39 is 15.9 Å². The highest BCUT2D eigenvalue weighted by atomic mass is 35.5. The van der Waals surface area contributed by atoms with Crippen LogP contribution in [0.5, 0.6) is 23.0 Å². The molecule has 1 amide bonds. The molecule has 2 N–H and O–H groups in total. The molecule has 0 aliphatic rings. The van der Waals surface area contributed by atoms with Crippen LogP contribution in [0.4, 0.5) is 11.5 Å². The van der Waals surface area contributed by atoms with E-state index in [0.29, 0.717) is 38.9 Å². The van der Waals surface area contributed by atoms with E-state index >= 15 is 0 Å². The van der Waals surface area contributed by atoms with Crippen molar-refractivity contribution in [1.82, 2.24) is 9.97 Å². The molecule has 1 aromatic heterocycles. The molecule has 14 heteroatoms. The van der Waals surface area contributed by atoms with Crippen molar-refractivity contribution in [2.45, 2.75) is 4.90 Å². The van der Waals surface area contributed by atoms with Crippen molar-refractivity contribution >= 4 is 73.1 Å². The number of benzene rings is 4. The molecule has 0 aliphatic carbocycles. The Morgan fingerprint density at radius 3 is 2.21 bits per heavy atom. The highest BCUT2D eigenvalue weighted by Crippen LogP contribution is 2.35. The van der Waals surface area contributed by atoms with Crippen LogP contribution in [0.15, 0.2) is 83.8 Å². The van der Waals surface area contributed by atoms with Gasteiger partial charge >= 0.3 is 0 Å². The number of sulfonamides is 1. The Labute approximate surface area is 261 Å². The van der Waals surface area contributed by atoms with Gasteiger partial charge in [-0.1, -0.05) is 35.3 Å². The molecule has 0 bridgehead atoms. The van der Waals surface area contributed by atoms with Crippen molar-refractivity contribution in [3.8, 4) is 23.0 Å². The van der Waals surface area contributed by atoms with E-state index in [1.807, 2.05) is 0 Å². The number of carbonyl (C=O) groups excluding carboxylic acids is 1. The number of para-hydroxylation sites is 1. The number of hydrogen-bond donors (Lipinski definition) is 2. The zero-order valence-corrected chi connectivity index (χ0v) is 25.5. The number of methoxy groups -OCH3 is 2. The van der Waals surface area contributed by atoms with Gasteiger partial charge in [-0.2, -0.15) is 4.98 Å². The highest BCUT2D eigenvalue weighted by molar-refractivity contribution is 7.92. The number of rotatable bonds is 9. The molecular formula is C29H21Cl3N4O6S. The SMILES string of the molecule is COc1cc2nc(Cl)nc(NC(=O)c3cc(Cl)ccc3NS(=O)(=O)c3ccc(Oc4ccccc4Cl)cc3)c2cc1OC. The van der Waals surface area contributed by atoms with Crippen molar-refractivity contribution < 1.29 is 27.4 Å². The quantitative estimate of drug-likeness (QED) is 0.156. The lowest BCUT2D eigenvalue weighted by atomic mass is 10.1. The minimum Gasteiger partial charge on any atom is -0.493 e. The first-order valence-electron chi connectivity index (χ1n) is 12.3. The Balaban J connectivity index is 1.42. The molecule has 4 aromatic carbocycles. The Bertz CT molecular complexity index is 1960. The van der Waals surface area contributed by atoms with Gasteiger partial charge in [-0.25, -0.2) is 13.4 Å². The van der Waals surface area contributed by atoms with Gasteiger partial charge in [0.25, 0.3) is 15.9 Å². The molecule has 43 heavy (non-hydrogen) atoms. The summed E-state index contributed by atoms with van der Waals surface area (Å²) in [6.45, 7) is 0. The molecule has 5 rings (SSSR count). The zero-order chi connectivity index (χ0) is 30.7. The van der Waals surface area contributed by atoms with Crippen LogP contribution in [-0.2, 0) is 10.0 Å². The first-order valence-corrected chi connectivity index (χ1v) is 14.9. The summed E-state index contributed by atoms with van der Waals surface area (Å²) in [5.41, 5.74) is 0.280. The average molecular weight is 660 g/mol. The number of nitrogens with zero attached hydrogens (tertiary/aromatic N) is 2. The van der Waals surface area contributed by atoms with Gasteiger partial charge in [-0.05, 0) is 72.3 Å². The minimum atomic E-state index is -4.14. The number of aromatic nitrogens is 2. The van der Waals surface area contributed by atoms with Crippen molar-refractivity contribution in [3.05, 3.63) is 99.8 Å². The van der Waals surface area contributed by atoms with E-state index in [9.17, 15) is 13.2 Å². The number of anilines is 2. The largest absolute Gasteiger partial charge is 0.493 e. The standard InChI is InChI=1S/C29H21Cl3N4O6S/c1-40-25-14-19-23(15-26(25)41-2)33-29(32)35-27(19)34-28(37)20-13-16(30)7-12-22(20)36-43(38,39)18-10-8-17(9-11-18)42-24-6-4-3-5-21(24)31/h3-15,36H,1-2H3,(H,33,34,35,37). The maximum absolute atomic E-state index is 13.5. The predicted molar refractivity (Wildman–Crippen MR) is 166 cm³/mol. The molecule has 0 fully saturated rings. The van der Waals surface area contributed by atoms with Crippen molar-refractivity contribution in [2.75, 3.05) is 24.3 Å². The second kappa shape index (κ2) is 12.5. The zero-order valence-electron chi connectivity index (χ0n) is 22.4. The lowest BCUT2D eigenvalue weighted by Gasteiger charge is -2.15. The van der Waals surface area contributed by atoms with Gasteiger partial charge in [-0.15, -0.1) is 0 Å². The van der Waals surface area contributed by atoms with Crippen LogP contribution >= 0.6 is 34.8 Å². The van der Waals surface area contributed by atoms with E-state index in [1.54, 1.807) is 36.4 Å². The number of fused-ring (bicyclic) bond motifs is 1. The molecular weight excluding hydrogens is 639 g/mol. The summed E-state index contributed by atoms with van der Waals surface area (Å²) in [6.07, 6.45) is 0. The van der Waals surface area contributed by atoms with Gasteiger partial charge < -0.3 is 19.5 Å². The maximum atomic E-state index is 13.5. The Kier molecular flexibility index (Phi) is 8.79. The van der Waals surface area contributed by atoms with Crippen molar-refractivity contribution in [1.29, 1.82) is 0 Å². The molecule has 0 saturated carbocycles. The van der Waals surface area contributed by atoms with E-state index in [0.717, 1.165) is 0 Å². The van der Waals surface area contributed by atoms with Crippen LogP contribution < -0.4 is 24.2 Å². The lowest BCUT2D eigenvalue weighted by molar-refractivity contribution is 0.102. The number of amides is 1. The average Bonchev–Trinajstić information content (AvgIpc) is 2.98. The van der Waals surface area contributed by atoms with Crippen LogP contribution in [0.25, 0.3) is 10.9 Å². The van der Waals surface area contributed by atoms with Gasteiger partial charge in [0.05, 0.1) is 40.9 Å². The van der Waals surface area contributed by atoms with Crippen LogP contribution in [0.1, 0.15) is 10.4 Å². The molecule has 0 unspecified atom stereocenters. The monoisotopic (exact) mass is 658 g/mol. The second-order valence-corrected chi connectivity index (χ2v) is 11.7. The van der Waals surface area contributed by atoms with Gasteiger partial charge in [-0.3, -0.25) is 9.52 Å². The summed E-state index contributed by atoms with van der Waals surface area (Å²) in [5, 5.41) is 3.54. The van der Waals surface area contributed by atoms with Crippen molar-refractivity contribution in [2.24, 2.45) is 0 Å². The summed E-state index contributed by atoms with van der Waals surface area (Å²) in [6, 6.07) is 19.9. The summed E-state index contributed by atoms with van der Waals surface area (Å²) in [7, 11) is -1.21. The fraction of sp³-hybridized carbons (Fsp3) is 0.0690. The predicted octanol–water partition coefficient (Wildman–Crippen LogP) is 7.45. The number of carbonyl (C=O) groups is 1. The Hall–Kier alpha value is -4.29. The Morgan fingerprint density at radius 2 is 1.51 bits per heavy atom. The first kappa shape index (κ1) is 30.2. The van der Waals surface area contributed by atoms with Gasteiger partial charge in [0.2, 0.25) is 5.28 Å². The van der Waals surface area contributed by atoms with E-state index in [2.05, 4.69) is 20.0 Å². The fourth-order valence-corrected chi connectivity index (χ4v) is 5.64. The second-order valence-electron chi connectivity index (χ2n) is 8.82. The van der Waals surface area contributed by atoms with E-state index in [4.69, 9.17) is 49.0 Å². The molecule has 0 atom stereocenters. The molecule has 0 aliphatic heterocycles. The molecule has 0 spiro atoms. The number of halogens is 3. The molecule has 10 nitrogen and oxygen atoms in total. The first-order chi connectivity index (χ1) is 20.6. The molecule has 0 radical (unpaired) electrons. The van der Waals surface area contributed by atoms with Crippen LogP contribution in [0.2, 0.25) is 15.3 Å². The number of nitrogens with one attached hydrogen (secondary N) is 2. The minimum absolute atomic E-state index is 0.0259. The maximum Gasteiger partial charge on any atom is 0.261 e. The van der Waals surface area contributed by atoms with Gasteiger partial charge in [0.1, 0.15) is 17.3 Å². The summed E-state index contributed by atoms with van der Waals surface area (Å²) in [5.74, 6) is 0.917. The van der Waals surface area contributed by atoms with E-state index in [1.165, 1.54) is 56.7 Å².